The van der Waals surface area contributed by atoms with E-state index in [1.807, 2.05) is 13.8 Å². The number of carbonyl (C=O) groups excluding carboxylic acids is 3. The van der Waals surface area contributed by atoms with E-state index in [-0.39, 0.29) is 17.2 Å². The third-order valence-electron chi connectivity index (χ3n) is 3.33. The summed E-state index contributed by atoms with van der Waals surface area (Å²) in [6.45, 7) is 5.44. The molecule has 132 valence electrons. The first-order valence-corrected chi connectivity index (χ1v) is 8.12. The van der Waals surface area contributed by atoms with Gasteiger partial charge in [-0.1, -0.05) is 32.4 Å². The van der Waals surface area contributed by atoms with Crippen LogP contribution in [0.5, 0.6) is 0 Å². The van der Waals surface area contributed by atoms with Crippen molar-refractivity contribution < 1.29 is 28.6 Å². The molecule has 0 aliphatic carbocycles. The van der Waals surface area contributed by atoms with E-state index in [0.29, 0.717) is 13.0 Å². The maximum absolute atomic E-state index is 12.1. The van der Waals surface area contributed by atoms with Gasteiger partial charge < -0.3 is 14.2 Å². The number of carbonyl (C=O) groups is 3. The van der Waals surface area contributed by atoms with Gasteiger partial charge in [0, 0.05) is 0 Å². The highest BCUT2D eigenvalue weighted by Crippen LogP contribution is 2.13. The molecule has 0 saturated heterocycles. The van der Waals surface area contributed by atoms with Crippen LogP contribution in [0.3, 0.4) is 0 Å². The van der Waals surface area contributed by atoms with Gasteiger partial charge in [-0.3, -0.25) is 0 Å². The molecule has 1 atom stereocenters. The van der Waals surface area contributed by atoms with E-state index in [1.165, 1.54) is 12.1 Å². The first-order chi connectivity index (χ1) is 11.5. The molecule has 0 bridgehead atoms. The quantitative estimate of drug-likeness (QED) is 0.391. The fourth-order valence-corrected chi connectivity index (χ4v) is 1.74. The van der Waals surface area contributed by atoms with E-state index < -0.39 is 24.5 Å². The predicted octanol–water partition coefficient (Wildman–Crippen LogP) is 3.14. The van der Waals surface area contributed by atoms with Crippen LogP contribution in [-0.2, 0) is 19.0 Å². The van der Waals surface area contributed by atoms with Crippen LogP contribution in [0.4, 0.5) is 0 Å². The maximum Gasteiger partial charge on any atom is 0.344 e. The second-order valence-corrected chi connectivity index (χ2v) is 5.32. The molecular formula is C18H24O6. The van der Waals surface area contributed by atoms with Crippen molar-refractivity contribution in [2.75, 3.05) is 13.2 Å². The molecule has 0 unspecified atom stereocenters. The number of esters is 3. The molecule has 1 aromatic rings. The van der Waals surface area contributed by atoms with Gasteiger partial charge in [-0.2, -0.15) is 0 Å². The van der Waals surface area contributed by atoms with Gasteiger partial charge in [0.05, 0.1) is 23.8 Å². The Balaban J connectivity index is 2.67. The lowest BCUT2D eigenvalue weighted by Gasteiger charge is -2.13. The average molecular weight is 336 g/mol. The highest BCUT2D eigenvalue weighted by Gasteiger charge is 2.21. The topological polar surface area (TPSA) is 78.9 Å². The summed E-state index contributed by atoms with van der Waals surface area (Å²) in [7, 11) is 0. The van der Waals surface area contributed by atoms with E-state index in [4.69, 9.17) is 14.2 Å². The van der Waals surface area contributed by atoms with Crippen LogP contribution in [0, 0.1) is 0 Å². The number of hydrogen-bond donors (Lipinski definition) is 0. The van der Waals surface area contributed by atoms with E-state index in [0.717, 1.165) is 12.8 Å². The summed E-state index contributed by atoms with van der Waals surface area (Å²) in [6.07, 6.45) is 2.07. The van der Waals surface area contributed by atoms with Crippen LogP contribution in [0.25, 0.3) is 0 Å². The molecule has 0 amide bonds. The minimum absolute atomic E-state index is 0.0622. The first kappa shape index (κ1) is 19.7. The fourth-order valence-electron chi connectivity index (χ4n) is 1.74. The van der Waals surface area contributed by atoms with Gasteiger partial charge in [0.1, 0.15) is 0 Å². The van der Waals surface area contributed by atoms with Gasteiger partial charge in [-0.15, -0.1) is 0 Å². The summed E-state index contributed by atoms with van der Waals surface area (Å²) in [5.74, 6) is -1.97. The molecule has 0 aliphatic heterocycles. The van der Waals surface area contributed by atoms with Gasteiger partial charge in [0.25, 0.3) is 0 Å². The highest BCUT2D eigenvalue weighted by atomic mass is 16.6. The predicted molar refractivity (Wildman–Crippen MR) is 87.8 cm³/mol. The summed E-state index contributed by atoms with van der Waals surface area (Å²) >= 11 is 0. The van der Waals surface area contributed by atoms with Crippen molar-refractivity contribution in [2.45, 2.75) is 46.1 Å². The van der Waals surface area contributed by atoms with E-state index in [1.54, 1.807) is 19.1 Å². The van der Waals surface area contributed by atoms with Crippen LogP contribution >= 0.6 is 0 Å². The van der Waals surface area contributed by atoms with Gasteiger partial charge in [-0.05, 0) is 31.9 Å². The summed E-state index contributed by atoms with van der Waals surface area (Å²) < 4.78 is 15.1. The van der Waals surface area contributed by atoms with Crippen molar-refractivity contribution >= 4 is 17.9 Å². The van der Waals surface area contributed by atoms with Crippen molar-refractivity contribution in [3.8, 4) is 0 Å². The van der Waals surface area contributed by atoms with Crippen LogP contribution < -0.4 is 0 Å². The summed E-state index contributed by atoms with van der Waals surface area (Å²) in [5.41, 5.74) is 0.175. The fraction of sp³-hybridized carbons (Fsp3) is 0.500. The largest absolute Gasteiger partial charge is 0.463 e. The van der Waals surface area contributed by atoms with Crippen molar-refractivity contribution in [3.05, 3.63) is 35.4 Å². The lowest BCUT2D eigenvalue weighted by Crippen LogP contribution is -2.20. The summed E-state index contributed by atoms with van der Waals surface area (Å²) in [4.78, 5) is 35.7. The third-order valence-corrected chi connectivity index (χ3v) is 3.33. The number of hydrogen-bond acceptors (Lipinski definition) is 6. The number of ether oxygens (including phenoxy) is 3. The normalized spacial score (nSPS) is 11.5. The van der Waals surface area contributed by atoms with Crippen LogP contribution in [0.2, 0.25) is 0 Å². The SMILES string of the molecule is CCCCOC(=O)COC(=O)c1ccccc1C(=O)O[C@H](C)CC. The van der Waals surface area contributed by atoms with Gasteiger partial charge in [0.15, 0.2) is 6.61 Å². The lowest BCUT2D eigenvalue weighted by molar-refractivity contribution is -0.147. The molecule has 6 nitrogen and oxygen atoms in total. The van der Waals surface area contributed by atoms with Crippen LogP contribution in [0.15, 0.2) is 24.3 Å². The summed E-state index contributed by atoms with van der Waals surface area (Å²) in [6, 6.07) is 6.18. The standard InChI is InChI=1S/C18H24O6/c1-4-6-11-22-16(19)12-23-17(20)14-9-7-8-10-15(14)18(21)24-13(3)5-2/h7-10,13H,4-6,11-12H2,1-3H3/t13-/m1/s1. The summed E-state index contributed by atoms with van der Waals surface area (Å²) in [5, 5.41) is 0. The molecule has 0 saturated carbocycles. The molecule has 0 aliphatic rings. The second-order valence-electron chi connectivity index (χ2n) is 5.32. The Morgan fingerprint density at radius 2 is 1.62 bits per heavy atom. The van der Waals surface area contributed by atoms with Gasteiger partial charge in [0.2, 0.25) is 0 Å². The number of benzene rings is 1. The highest BCUT2D eigenvalue weighted by molar-refractivity contribution is 6.03. The smallest absolute Gasteiger partial charge is 0.344 e. The Bertz CT molecular complexity index is 566. The molecule has 24 heavy (non-hydrogen) atoms. The Morgan fingerprint density at radius 1 is 1.00 bits per heavy atom. The van der Waals surface area contributed by atoms with E-state index >= 15 is 0 Å². The van der Waals surface area contributed by atoms with Gasteiger partial charge >= 0.3 is 17.9 Å². The van der Waals surface area contributed by atoms with E-state index in [9.17, 15) is 14.4 Å². The van der Waals surface area contributed by atoms with Crippen LogP contribution in [0.1, 0.15) is 60.7 Å². The average Bonchev–Trinajstić information content (AvgIpc) is 2.59. The number of unbranched alkanes of at least 4 members (excludes halogenated alkanes) is 1. The van der Waals surface area contributed by atoms with Crippen LogP contribution in [-0.4, -0.2) is 37.2 Å². The third kappa shape index (κ3) is 6.40. The Kier molecular flexibility index (Phi) is 8.54. The molecule has 0 spiro atoms. The molecule has 6 heteroatoms. The second kappa shape index (κ2) is 10.4. The minimum atomic E-state index is -0.765. The van der Waals surface area contributed by atoms with Crippen molar-refractivity contribution in [3.63, 3.8) is 0 Å². The molecule has 1 rings (SSSR count). The maximum atomic E-state index is 12.1. The molecule has 0 aromatic heterocycles. The van der Waals surface area contributed by atoms with Gasteiger partial charge in [-0.25, -0.2) is 14.4 Å². The Morgan fingerprint density at radius 3 is 2.21 bits per heavy atom. The molecule has 0 N–H and O–H groups in total. The Labute approximate surface area is 142 Å². The molecular weight excluding hydrogens is 312 g/mol. The first-order valence-electron chi connectivity index (χ1n) is 8.12. The number of rotatable bonds is 9. The zero-order valence-electron chi connectivity index (χ0n) is 14.4. The minimum Gasteiger partial charge on any atom is -0.463 e. The van der Waals surface area contributed by atoms with Crippen molar-refractivity contribution in [1.82, 2.24) is 0 Å². The zero-order valence-corrected chi connectivity index (χ0v) is 14.4. The monoisotopic (exact) mass is 336 g/mol. The van der Waals surface area contributed by atoms with Crippen molar-refractivity contribution in [1.29, 1.82) is 0 Å². The molecule has 1 aromatic carbocycles. The molecule has 0 heterocycles. The Hall–Kier alpha value is -2.37. The van der Waals surface area contributed by atoms with Crippen molar-refractivity contribution in [2.24, 2.45) is 0 Å². The lowest BCUT2D eigenvalue weighted by atomic mass is 10.1. The van der Waals surface area contributed by atoms with E-state index in [2.05, 4.69) is 0 Å². The molecule has 0 fully saturated rings. The molecule has 0 radical (unpaired) electrons. The zero-order chi connectivity index (χ0) is 17.9.